The van der Waals surface area contributed by atoms with E-state index in [1.54, 1.807) is 6.92 Å². The highest BCUT2D eigenvalue weighted by Crippen LogP contribution is 2.25. The second-order valence-electron chi connectivity index (χ2n) is 10.2. The van der Waals surface area contributed by atoms with Gasteiger partial charge in [-0.3, -0.25) is 9.59 Å². The molecule has 0 saturated heterocycles. The minimum absolute atomic E-state index is 0.133. The molecule has 0 radical (unpaired) electrons. The highest BCUT2D eigenvalue weighted by molar-refractivity contribution is 6.00. The number of hydrogen-bond donors (Lipinski definition) is 0. The molecular formula is C30H54O4. The fourth-order valence-corrected chi connectivity index (χ4v) is 4.68. The van der Waals surface area contributed by atoms with Crippen molar-refractivity contribution in [3.05, 3.63) is 11.5 Å². The number of carbonyl (C=O) groups excluding carboxylic acids is 2. The van der Waals surface area contributed by atoms with Crippen molar-refractivity contribution in [1.82, 2.24) is 0 Å². The van der Waals surface area contributed by atoms with Crippen LogP contribution in [0.1, 0.15) is 162 Å². The molecule has 1 atom stereocenters. The zero-order chi connectivity index (χ0) is 24.9. The molecule has 4 nitrogen and oxygen atoms in total. The molecule has 0 N–H and O–H groups in total. The predicted octanol–water partition coefficient (Wildman–Crippen LogP) is 9.35. The zero-order valence-electron chi connectivity index (χ0n) is 22.8. The van der Waals surface area contributed by atoms with Gasteiger partial charge in [-0.2, -0.15) is 0 Å². The van der Waals surface area contributed by atoms with Crippen molar-refractivity contribution in [2.75, 3.05) is 0 Å². The van der Waals surface area contributed by atoms with Crippen molar-refractivity contribution in [2.45, 2.75) is 168 Å². The van der Waals surface area contributed by atoms with Crippen LogP contribution in [-0.4, -0.2) is 17.9 Å². The molecular weight excluding hydrogens is 424 g/mol. The van der Waals surface area contributed by atoms with Crippen LogP contribution >= 0.6 is 0 Å². The van der Waals surface area contributed by atoms with Gasteiger partial charge in [-0.15, -0.1) is 0 Å². The van der Waals surface area contributed by atoms with Gasteiger partial charge in [0.05, 0.1) is 0 Å². The van der Waals surface area contributed by atoms with Crippen LogP contribution in [0, 0.1) is 0 Å². The Kier molecular flexibility index (Phi) is 19.0. The second-order valence-corrected chi connectivity index (χ2v) is 10.2. The van der Waals surface area contributed by atoms with E-state index in [0.29, 0.717) is 18.6 Å². The Morgan fingerprint density at radius 2 is 1.06 bits per heavy atom. The molecule has 0 spiro atoms. The van der Waals surface area contributed by atoms with Gasteiger partial charge in [0.1, 0.15) is 5.76 Å². The summed E-state index contributed by atoms with van der Waals surface area (Å²) in [5, 5.41) is 0. The summed E-state index contributed by atoms with van der Waals surface area (Å²) in [5.74, 6) is 0.116. The molecule has 1 aliphatic heterocycles. The first-order valence-electron chi connectivity index (χ1n) is 14.7. The van der Waals surface area contributed by atoms with Crippen LogP contribution in [-0.2, 0) is 19.1 Å². The lowest BCUT2D eigenvalue weighted by molar-refractivity contribution is -0.142. The average Bonchev–Trinajstić information content (AvgIpc) is 3.10. The molecule has 0 amide bonds. The van der Waals surface area contributed by atoms with Crippen molar-refractivity contribution in [3.8, 4) is 0 Å². The zero-order valence-corrected chi connectivity index (χ0v) is 22.8. The number of rotatable bonds is 23. The summed E-state index contributed by atoms with van der Waals surface area (Å²) in [6.45, 7) is 5.87. The van der Waals surface area contributed by atoms with Crippen molar-refractivity contribution >= 4 is 11.8 Å². The third-order valence-electron chi connectivity index (χ3n) is 6.94. The van der Waals surface area contributed by atoms with Gasteiger partial charge in [-0.1, -0.05) is 136 Å². The van der Waals surface area contributed by atoms with E-state index in [-0.39, 0.29) is 17.5 Å². The predicted molar refractivity (Wildman–Crippen MR) is 142 cm³/mol. The Balaban J connectivity index is 1.81. The molecule has 0 aliphatic carbocycles. The summed E-state index contributed by atoms with van der Waals surface area (Å²) in [4.78, 5) is 24.0. The quantitative estimate of drug-likeness (QED) is 0.108. The topological polar surface area (TPSA) is 52.6 Å². The molecule has 34 heavy (non-hydrogen) atoms. The summed E-state index contributed by atoms with van der Waals surface area (Å²) in [6, 6.07) is 0. The smallest absolute Gasteiger partial charge is 0.311 e. The number of hydrogen-bond acceptors (Lipinski definition) is 4. The van der Waals surface area contributed by atoms with E-state index in [1.165, 1.54) is 116 Å². The first-order valence-corrected chi connectivity index (χ1v) is 14.7. The number of allylic oxidation sites excluding steroid dienone is 1. The Bertz CT molecular complexity index is 566. The van der Waals surface area contributed by atoms with Crippen molar-refractivity contribution < 1.29 is 19.1 Å². The summed E-state index contributed by atoms with van der Waals surface area (Å²) >= 11 is 0. The van der Waals surface area contributed by atoms with Gasteiger partial charge in [0, 0.05) is 12.8 Å². The summed E-state index contributed by atoms with van der Waals surface area (Å²) in [7, 11) is 0. The van der Waals surface area contributed by atoms with Gasteiger partial charge in [-0.25, -0.2) is 0 Å². The van der Waals surface area contributed by atoms with Crippen LogP contribution < -0.4 is 0 Å². The summed E-state index contributed by atoms with van der Waals surface area (Å²) in [6.07, 6.45) is 27.2. The van der Waals surface area contributed by atoms with Gasteiger partial charge in [-0.05, 0) is 13.3 Å². The van der Waals surface area contributed by atoms with Crippen LogP contribution in [0.2, 0.25) is 0 Å². The normalized spacial score (nSPS) is 15.7. The van der Waals surface area contributed by atoms with Crippen LogP contribution in [0.15, 0.2) is 11.5 Å². The Morgan fingerprint density at radius 1 is 0.676 bits per heavy atom. The Morgan fingerprint density at radius 3 is 1.44 bits per heavy atom. The lowest BCUT2D eigenvalue weighted by atomic mass is 10.0. The van der Waals surface area contributed by atoms with Gasteiger partial charge in [0.2, 0.25) is 11.5 Å². The summed E-state index contributed by atoms with van der Waals surface area (Å²) < 4.78 is 10.7. The Hall–Kier alpha value is -1.32. The fourth-order valence-electron chi connectivity index (χ4n) is 4.68. The van der Waals surface area contributed by atoms with Crippen LogP contribution in [0.4, 0.5) is 0 Å². The third kappa shape index (κ3) is 14.8. The highest BCUT2D eigenvalue weighted by Gasteiger charge is 2.33. The maximum absolute atomic E-state index is 12.0. The van der Waals surface area contributed by atoms with E-state index in [2.05, 4.69) is 6.92 Å². The van der Waals surface area contributed by atoms with Crippen molar-refractivity contribution in [3.63, 3.8) is 0 Å². The first-order chi connectivity index (χ1) is 16.6. The number of carbonyl (C=O) groups is 2. The maximum atomic E-state index is 12.0. The maximum Gasteiger partial charge on any atom is 0.311 e. The molecule has 0 saturated carbocycles. The highest BCUT2D eigenvalue weighted by atomic mass is 16.6. The lowest BCUT2D eigenvalue weighted by Gasteiger charge is -2.05. The molecule has 1 aliphatic rings. The van der Waals surface area contributed by atoms with Crippen LogP contribution in [0.25, 0.3) is 0 Å². The van der Waals surface area contributed by atoms with Crippen molar-refractivity contribution in [1.29, 1.82) is 0 Å². The molecule has 0 bridgehead atoms. The lowest BCUT2D eigenvalue weighted by Crippen LogP contribution is -2.16. The largest absolute Gasteiger partial charge is 0.483 e. The Labute approximate surface area is 210 Å². The molecule has 198 valence electrons. The molecule has 0 aromatic rings. The van der Waals surface area contributed by atoms with Crippen molar-refractivity contribution in [2.24, 2.45) is 0 Å². The molecule has 0 fully saturated rings. The second kappa shape index (κ2) is 21.0. The molecule has 0 aromatic heterocycles. The molecule has 0 aromatic carbocycles. The van der Waals surface area contributed by atoms with Crippen LogP contribution in [0.3, 0.4) is 0 Å². The van der Waals surface area contributed by atoms with Gasteiger partial charge >= 0.3 is 5.97 Å². The van der Waals surface area contributed by atoms with Crippen LogP contribution in [0.5, 0.6) is 0 Å². The molecule has 1 rings (SSSR count). The number of ether oxygens (including phenoxy) is 2. The van der Waals surface area contributed by atoms with E-state index >= 15 is 0 Å². The average molecular weight is 479 g/mol. The van der Waals surface area contributed by atoms with E-state index in [0.717, 1.165) is 12.8 Å². The van der Waals surface area contributed by atoms with E-state index in [4.69, 9.17) is 9.47 Å². The fraction of sp³-hybridized carbons (Fsp3) is 0.867. The standard InChI is InChI=1S/C30H54O4/c1-4-6-7-8-9-10-11-12-13-14-15-16-17-18-19-20-21-22-23-24-25-28(31)34-30-27(5-2)33-26(3)29(30)32/h26H,4-25H2,1-3H3. The number of unbranched alkanes of at least 4 members (excludes halogenated alkanes) is 19. The van der Waals surface area contributed by atoms with Gasteiger partial charge < -0.3 is 9.47 Å². The van der Waals surface area contributed by atoms with Gasteiger partial charge in [0.25, 0.3) is 0 Å². The first kappa shape index (κ1) is 30.7. The number of ketones is 1. The van der Waals surface area contributed by atoms with Gasteiger partial charge in [0.15, 0.2) is 6.10 Å². The number of esters is 1. The SMILES string of the molecule is CCCCCCCCCCCCCCCCCCCCCCC(=O)OC1=C(CC)OC(C)C1=O. The molecule has 4 heteroatoms. The minimum atomic E-state index is -0.530. The third-order valence-corrected chi connectivity index (χ3v) is 6.94. The molecule has 1 heterocycles. The monoisotopic (exact) mass is 478 g/mol. The summed E-state index contributed by atoms with van der Waals surface area (Å²) in [5.41, 5.74) is 0. The minimum Gasteiger partial charge on any atom is -0.483 e. The van der Waals surface area contributed by atoms with E-state index < -0.39 is 6.10 Å². The van der Waals surface area contributed by atoms with E-state index in [9.17, 15) is 9.59 Å². The number of Topliss-reactive ketones (excluding diaryl/α,β-unsaturated/α-hetero) is 1. The van der Waals surface area contributed by atoms with E-state index in [1.807, 2.05) is 6.92 Å². The molecule has 1 unspecified atom stereocenters.